The smallest absolute Gasteiger partial charge is 0.145 e. The summed E-state index contributed by atoms with van der Waals surface area (Å²) in [5.74, 6) is 0.721. The van der Waals surface area contributed by atoms with E-state index in [-0.39, 0.29) is 16.7 Å². The summed E-state index contributed by atoms with van der Waals surface area (Å²) in [6.45, 7) is 7.07. The Morgan fingerprint density at radius 2 is 1.87 bits per heavy atom. The van der Waals surface area contributed by atoms with Crippen LogP contribution in [0, 0.1) is 28.1 Å². The monoisotopic (exact) mass is 318 g/mol. The average molecular weight is 318 g/mol. The number of aliphatic hydroxyl groups excluding tert-OH is 1. The van der Waals surface area contributed by atoms with Crippen molar-refractivity contribution in [1.29, 1.82) is 0 Å². The molecule has 0 spiro atoms. The number of carbonyl (C=O) groups excluding carboxylic acids is 2. The lowest BCUT2D eigenvalue weighted by Crippen LogP contribution is -2.59. The van der Waals surface area contributed by atoms with Gasteiger partial charge in [-0.3, -0.25) is 4.79 Å². The maximum atomic E-state index is 12.2. The Morgan fingerprint density at radius 1 is 1.13 bits per heavy atom. The third-order valence-corrected chi connectivity index (χ3v) is 7.62. The number of aldehydes is 2. The molecule has 0 aromatic rings. The van der Waals surface area contributed by atoms with Crippen LogP contribution in [0.15, 0.2) is 11.6 Å². The van der Waals surface area contributed by atoms with Crippen LogP contribution >= 0.6 is 0 Å². The molecular weight excluding hydrogens is 288 g/mol. The predicted molar refractivity (Wildman–Crippen MR) is 89.8 cm³/mol. The van der Waals surface area contributed by atoms with E-state index in [4.69, 9.17) is 0 Å². The molecule has 5 atom stereocenters. The van der Waals surface area contributed by atoms with Gasteiger partial charge in [-0.2, -0.15) is 0 Å². The molecule has 23 heavy (non-hydrogen) atoms. The Balaban J connectivity index is 2.08. The molecule has 2 saturated carbocycles. The van der Waals surface area contributed by atoms with Crippen LogP contribution in [0.4, 0.5) is 0 Å². The van der Waals surface area contributed by atoms with Crippen LogP contribution in [0.1, 0.15) is 65.7 Å². The molecule has 0 aromatic carbocycles. The van der Waals surface area contributed by atoms with E-state index in [1.165, 1.54) is 12.8 Å². The van der Waals surface area contributed by atoms with Crippen LogP contribution < -0.4 is 0 Å². The SMILES string of the molecule is CC1(C)CCC[C@@]2(C)C1CC[C@@]1(C=O)[C@@H](O)CC(C=O)=CC[C@@H]12. The summed E-state index contributed by atoms with van der Waals surface area (Å²) < 4.78 is 0. The molecule has 0 aliphatic heterocycles. The standard InChI is InChI=1S/C20H30O3/c1-18(2)8-4-9-19(3)15(18)7-10-20(13-22)16(19)6-5-14(12-21)11-17(20)23/h5,12-13,15-17,23H,4,6-11H2,1-3H3/t15?,16-,17+,19+,20+/m1/s1. The summed E-state index contributed by atoms with van der Waals surface area (Å²) in [4.78, 5) is 23.4. The number of carbonyl (C=O) groups is 2. The largest absolute Gasteiger partial charge is 0.392 e. The van der Waals surface area contributed by atoms with Crippen molar-refractivity contribution in [3.05, 3.63) is 11.6 Å². The molecule has 0 radical (unpaired) electrons. The molecule has 0 heterocycles. The zero-order valence-corrected chi connectivity index (χ0v) is 14.7. The zero-order valence-electron chi connectivity index (χ0n) is 14.7. The van der Waals surface area contributed by atoms with Gasteiger partial charge in [0, 0.05) is 6.42 Å². The van der Waals surface area contributed by atoms with Gasteiger partial charge in [-0.05, 0) is 60.3 Å². The van der Waals surface area contributed by atoms with Gasteiger partial charge >= 0.3 is 0 Å². The molecular formula is C20H30O3. The quantitative estimate of drug-likeness (QED) is 0.790. The van der Waals surface area contributed by atoms with E-state index >= 15 is 0 Å². The third-order valence-electron chi connectivity index (χ3n) is 7.62. The van der Waals surface area contributed by atoms with Crippen molar-refractivity contribution in [2.45, 2.75) is 71.8 Å². The van der Waals surface area contributed by atoms with Crippen LogP contribution in [-0.4, -0.2) is 23.8 Å². The number of aliphatic hydroxyl groups is 1. The number of fused-ring (bicyclic) bond motifs is 3. The van der Waals surface area contributed by atoms with Crippen LogP contribution in [0.3, 0.4) is 0 Å². The highest BCUT2D eigenvalue weighted by molar-refractivity contribution is 5.74. The summed E-state index contributed by atoms with van der Waals surface area (Å²) in [6, 6.07) is 0. The van der Waals surface area contributed by atoms with Crippen molar-refractivity contribution >= 4 is 12.6 Å². The van der Waals surface area contributed by atoms with Gasteiger partial charge in [0.1, 0.15) is 12.6 Å². The minimum atomic E-state index is -0.730. The highest BCUT2D eigenvalue weighted by Gasteiger charge is 2.61. The Kier molecular flexibility index (Phi) is 4.07. The summed E-state index contributed by atoms with van der Waals surface area (Å²) in [7, 11) is 0. The van der Waals surface area contributed by atoms with E-state index in [9.17, 15) is 14.7 Å². The third kappa shape index (κ3) is 2.34. The lowest BCUT2D eigenvalue weighted by Gasteiger charge is -2.62. The van der Waals surface area contributed by atoms with E-state index in [2.05, 4.69) is 20.8 Å². The number of hydrogen-bond acceptors (Lipinski definition) is 3. The summed E-state index contributed by atoms with van der Waals surface area (Å²) in [5, 5.41) is 10.8. The fourth-order valence-corrected chi connectivity index (χ4v) is 6.46. The Morgan fingerprint density at radius 3 is 2.52 bits per heavy atom. The van der Waals surface area contributed by atoms with Gasteiger partial charge in [0.25, 0.3) is 0 Å². The van der Waals surface area contributed by atoms with Gasteiger partial charge in [-0.15, -0.1) is 0 Å². The molecule has 0 aromatic heterocycles. The first kappa shape index (κ1) is 16.9. The summed E-state index contributed by atoms with van der Waals surface area (Å²) in [6.07, 6.45) is 9.52. The average Bonchev–Trinajstić information content (AvgIpc) is 2.64. The molecule has 3 aliphatic rings. The molecule has 3 nitrogen and oxygen atoms in total. The minimum absolute atomic E-state index is 0.0662. The first-order valence-corrected chi connectivity index (χ1v) is 9.09. The number of hydrogen-bond donors (Lipinski definition) is 1. The van der Waals surface area contributed by atoms with Crippen molar-refractivity contribution in [3.8, 4) is 0 Å². The lowest BCUT2D eigenvalue weighted by molar-refractivity contribution is -0.170. The highest BCUT2D eigenvalue weighted by atomic mass is 16.3. The van der Waals surface area contributed by atoms with E-state index in [0.717, 1.165) is 38.3 Å². The van der Waals surface area contributed by atoms with Gasteiger partial charge in [-0.25, -0.2) is 0 Å². The van der Waals surface area contributed by atoms with Gasteiger partial charge in [0.05, 0.1) is 11.5 Å². The Hall–Kier alpha value is -0.960. The molecule has 2 fully saturated rings. The number of allylic oxidation sites excluding steroid dienone is 1. The van der Waals surface area contributed by atoms with Gasteiger partial charge in [0.15, 0.2) is 0 Å². The molecule has 0 bridgehead atoms. The van der Waals surface area contributed by atoms with Crippen LogP contribution in [0.5, 0.6) is 0 Å². The van der Waals surface area contributed by atoms with Crippen molar-refractivity contribution in [2.24, 2.45) is 28.1 Å². The molecule has 0 amide bonds. The molecule has 3 heteroatoms. The first-order chi connectivity index (χ1) is 10.8. The van der Waals surface area contributed by atoms with E-state index in [1.807, 2.05) is 6.08 Å². The maximum Gasteiger partial charge on any atom is 0.145 e. The predicted octanol–water partition coefficient (Wildman–Crippen LogP) is 3.69. The lowest BCUT2D eigenvalue weighted by atomic mass is 9.42. The second kappa shape index (κ2) is 5.54. The first-order valence-electron chi connectivity index (χ1n) is 9.09. The van der Waals surface area contributed by atoms with Crippen molar-refractivity contribution in [1.82, 2.24) is 0 Å². The molecule has 1 N–H and O–H groups in total. The Bertz CT molecular complexity index is 535. The highest BCUT2D eigenvalue weighted by Crippen LogP contribution is 2.66. The van der Waals surface area contributed by atoms with Gasteiger partial charge in [0.2, 0.25) is 0 Å². The Labute approximate surface area is 139 Å². The molecule has 128 valence electrons. The molecule has 1 unspecified atom stereocenters. The fraction of sp³-hybridized carbons (Fsp3) is 0.800. The van der Waals surface area contributed by atoms with E-state index in [0.29, 0.717) is 17.9 Å². The summed E-state index contributed by atoms with van der Waals surface area (Å²) >= 11 is 0. The topological polar surface area (TPSA) is 54.4 Å². The molecule has 3 aliphatic carbocycles. The van der Waals surface area contributed by atoms with Crippen LogP contribution in [0.2, 0.25) is 0 Å². The van der Waals surface area contributed by atoms with Crippen molar-refractivity contribution < 1.29 is 14.7 Å². The minimum Gasteiger partial charge on any atom is -0.392 e. The maximum absolute atomic E-state index is 12.2. The van der Waals surface area contributed by atoms with Crippen LogP contribution in [0.25, 0.3) is 0 Å². The fourth-order valence-electron chi connectivity index (χ4n) is 6.46. The van der Waals surface area contributed by atoms with E-state index in [1.54, 1.807) is 0 Å². The molecule has 0 saturated heterocycles. The second-order valence-corrected chi connectivity index (χ2v) is 9.07. The van der Waals surface area contributed by atoms with Crippen molar-refractivity contribution in [2.75, 3.05) is 0 Å². The number of rotatable bonds is 2. The second-order valence-electron chi connectivity index (χ2n) is 9.07. The molecule has 3 rings (SSSR count). The zero-order chi connectivity index (χ0) is 16.9. The normalized spacial score (nSPS) is 45.9. The van der Waals surface area contributed by atoms with E-state index < -0.39 is 11.5 Å². The van der Waals surface area contributed by atoms with Crippen LogP contribution in [-0.2, 0) is 9.59 Å². The van der Waals surface area contributed by atoms with Gasteiger partial charge in [-0.1, -0.05) is 33.3 Å². The summed E-state index contributed by atoms with van der Waals surface area (Å²) in [5.41, 5.74) is 0.330. The van der Waals surface area contributed by atoms with Crippen molar-refractivity contribution in [3.63, 3.8) is 0 Å². The van der Waals surface area contributed by atoms with Gasteiger partial charge < -0.3 is 9.90 Å².